The number of hydrogen-bond donors (Lipinski definition) is 3. The fraction of sp³-hybridized carbons (Fsp3) is 0.600. The maximum atomic E-state index is 11.4. The normalized spacial score (nSPS) is 10.1. The number of methoxy groups -OCH3 is 1. The molecule has 106 valence electrons. The molecule has 0 aliphatic rings. The predicted octanol–water partition coefficient (Wildman–Crippen LogP) is 0.131. The fourth-order valence-corrected chi connectivity index (χ4v) is 1.34. The average molecular weight is 289 g/mol. The zero-order chi connectivity index (χ0) is 14.1. The smallest absolute Gasteiger partial charge is 0.239 e. The predicted molar refractivity (Wildman–Crippen MR) is 72.4 cm³/mol. The highest BCUT2D eigenvalue weighted by Gasteiger charge is 2.06. The number of nitrogens with one attached hydrogen (secondary N) is 3. The summed E-state index contributed by atoms with van der Waals surface area (Å²) in [6.45, 7) is 3.55. The Morgan fingerprint density at radius 2 is 1.95 bits per heavy atom. The highest BCUT2D eigenvalue weighted by atomic mass is 35.5. The van der Waals surface area contributed by atoms with Crippen LogP contribution in [-0.4, -0.2) is 54.2 Å². The highest BCUT2D eigenvalue weighted by molar-refractivity contribution is 6.28. The van der Waals surface area contributed by atoms with Crippen LogP contribution in [0.1, 0.15) is 6.92 Å². The van der Waals surface area contributed by atoms with Crippen molar-refractivity contribution in [1.29, 1.82) is 0 Å². The van der Waals surface area contributed by atoms with E-state index in [1.54, 1.807) is 7.11 Å². The monoisotopic (exact) mass is 288 g/mol. The van der Waals surface area contributed by atoms with Crippen LogP contribution in [0.4, 0.5) is 11.9 Å². The molecular weight excluding hydrogens is 272 g/mol. The van der Waals surface area contributed by atoms with Crippen LogP contribution >= 0.6 is 11.6 Å². The molecule has 0 aromatic carbocycles. The first kappa shape index (κ1) is 15.4. The zero-order valence-electron chi connectivity index (χ0n) is 10.9. The molecule has 0 aliphatic heterocycles. The molecule has 9 heteroatoms. The number of anilines is 2. The van der Waals surface area contributed by atoms with Gasteiger partial charge in [-0.1, -0.05) is 0 Å². The van der Waals surface area contributed by atoms with Gasteiger partial charge in [-0.2, -0.15) is 15.0 Å². The second-order valence-electron chi connectivity index (χ2n) is 3.48. The summed E-state index contributed by atoms with van der Waals surface area (Å²) in [5.41, 5.74) is 0. The average Bonchev–Trinajstić information content (AvgIpc) is 2.36. The van der Waals surface area contributed by atoms with E-state index < -0.39 is 0 Å². The summed E-state index contributed by atoms with van der Waals surface area (Å²) in [7, 11) is 1.57. The molecule has 8 nitrogen and oxygen atoms in total. The molecule has 0 saturated carbocycles. The summed E-state index contributed by atoms with van der Waals surface area (Å²) in [6.07, 6.45) is 0. The van der Waals surface area contributed by atoms with Gasteiger partial charge in [-0.15, -0.1) is 0 Å². The Kier molecular flexibility index (Phi) is 6.83. The lowest BCUT2D eigenvalue weighted by Crippen LogP contribution is -2.32. The molecule has 1 rings (SSSR count). The van der Waals surface area contributed by atoms with Crippen molar-refractivity contribution in [2.75, 3.05) is 44.0 Å². The summed E-state index contributed by atoms with van der Waals surface area (Å²) in [5.74, 6) is 0.432. The Bertz CT molecular complexity index is 417. The van der Waals surface area contributed by atoms with Crippen LogP contribution in [0, 0.1) is 0 Å². The van der Waals surface area contributed by atoms with E-state index in [0.717, 1.165) is 0 Å². The maximum Gasteiger partial charge on any atom is 0.239 e. The first-order valence-corrected chi connectivity index (χ1v) is 6.18. The van der Waals surface area contributed by atoms with E-state index in [-0.39, 0.29) is 23.7 Å². The van der Waals surface area contributed by atoms with Crippen molar-refractivity contribution >= 4 is 29.4 Å². The van der Waals surface area contributed by atoms with Crippen molar-refractivity contribution in [2.45, 2.75) is 6.92 Å². The van der Waals surface area contributed by atoms with Crippen LogP contribution in [0.5, 0.6) is 0 Å². The molecule has 0 atom stereocenters. The third kappa shape index (κ3) is 6.16. The summed E-state index contributed by atoms with van der Waals surface area (Å²) in [5, 5.41) is 8.41. The van der Waals surface area contributed by atoms with Crippen molar-refractivity contribution in [2.24, 2.45) is 0 Å². The van der Waals surface area contributed by atoms with Gasteiger partial charge in [-0.3, -0.25) is 4.79 Å². The van der Waals surface area contributed by atoms with Crippen molar-refractivity contribution in [1.82, 2.24) is 20.3 Å². The van der Waals surface area contributed by atoms with Gasteiger partial charge in [0.2, 0.25) is 23.1 Å². The first-order chi connectivity index (χ1) is 9.15. The minimum absolute atomic E-state index is 0.0512. The number of nitrogens with zero attached hydrogens (tertiary/aromatic N) is 3. The number of amides is 1. The molecule has 0 radical (unpaired) electrons. The zero-order valence-corrected chi connectivity index (χ0v) is 11.6. The standard InChI is InChI=1S/C10H17ClN6O2/c1-3-12-9-15-8(11)16-10(17-9)14-6-7(18)13-4-5-19-2/h3-6H2,1-2H3,(H,13,18)(H2,12,14,15,16,17). The molecule has 1 amide bonds. The van der Waals surface area contributed by atoms with Crippen LogP contribution in [-0.2, 0) is 9.53 Å². The number of hydrogen-bond acceptors (Lipinski definition) is 7. The highest BCUT2D eigenvalue weighted by Crippen LogP contribution is 2.08. The van der Waals surface area contributed by atoms with Gasteiger partial charge in [-0.05, 0) is 18.5 Å². The Hall–Kier alpha value is -1.67. The van der Waals surface area contributed by atoms with E-state index in [0.29, 0.717) is 25.6 Å². The summed E-state index contributed by atoms with van der Waals surface area (Å²) >= 11 is 5.74. The second-order valence-corrected chi connectivity index (χ2v) is 3.82. The Morgan fingerprint density at radius 1 is 1.26 bits per heavy atom. The van der Waals surface area contributed by atoms with Gasteiger partial charge in [0.25, 0.3) is 0 Å². The van der Waals surface area contributed by atoms with Gasteiger partial charge in [0.1, 0.15) is 0 Å². The molecule has 0 unspecified atom stereocenters. The summed E-state index contributed by atoms with van der Waals surface area (Å²) in [4.78, 5) is 23.3. The number of carbonyl (C=O) groups excluding carboxylic acids is 1. The number of carbonyl (C=O) groups is 1. The Morgan fingerprint density at radius 3 is 2.58 bits per heavy atom. The van der Waals surface area contributed by atoms with Crippen LogP contribution in [0.15, 0.2) is 0 Å². The lowest BCUT2D eigenvalue weighted by molar-refractivity contribution is -0.119. The second kappa shape index (κ2) is 8.44. The summed E-state index contributed by atoms with van der Waals surface area (Å²) in [6, 6.07) is 0. The molecule has 0 saturated heterocycles. The lowest BCUT2D eigenvalue weighted by atomic mass is 10.5. The molecule has 19 heavy (non-hydrogen) atoms. The van der Waals surface area contributed by atoms with Crippen LogP contribution < -0.4 is 16.0 Å². The van der Waals surface area contributed by atoms with Crippen molar-refractivity contribution in [3.63, 3.8) is 0 Å². The van der Waals surface area contributed by atoms with Crippen molar-refractivity contribution in [3.05, 3.63) is 5.28 Å². The van der Waals surface area contributed by atoms with E-state index >= 15 is 0 Å². The quantitative estimate of drug-likeness (QED) is 0.585. The minimum atomic E-state index is -0.182. The molecule has 3 N–H and O–H groups in total. The van der Waals surface area contributed by atoms with Gasteiger partial charge >= 0.3 is 0 Å². The minimum Gasteiger partial charge on any atom is -0.383 e. The number of halogens is 1. The van der Waals surface area contributed by atoms with E-state index in [1.807, 2.05) is 6.92 Å². The maximum absolute atomic E-state index is 11.4. The molecule has 1 aromatic rings. The number of aromatic nitrogens is 3. The molecule has 0 spiro atoms. The number of ether oxygens (including phenoxy) is 1. The third-order valence-corrected chi connectivity index (χ3v) is 2.15. The van der Waals surface area contributed by atoms with Gasteiger partial charge < -0.3 is 20.7 Å². The molecule has 0 fully saturated rings. The largest absolute Gasteiger partial charge is 0.383 e. The molecule has 0 bridgehead atoms. The molecule has 0 aliphatic carbocycles. The van der Waals surface area contributed by atoms with E-state index in [9.17, 15) is 4.79 Å². The third-order valence-electron chi connectivity index (χ3n) is 1.98. The Labute approximate surface area is 116 Å². The number of rotatable bonds is 8. The van der Waals surface area contributed by atoms with Gasteiger partial charge in [0.15, 0.2) is 0 Å². The van der Waals surface area contributed by atoms with Crippen LogP contribution in [0.2, 0.25) is 5.28 Å². The van der Waals surface area contributed by atoms with Crippen LogP contribution in [0.3, 0.4) is 0 Å². The molecular formula is C10H17ClN6O2. The Balaban J connectivity index is 2.45. The van der Waals surface area contributed by atoms with Crippen molar-refractivity contribution < 1.29 is 9.53 Å². The van der Waals surface area contributed by atoms with E-state index in [2.05, 4.69) is 30.9 Å². The SMILES string of the molecule is CCNc1nc(Cl)nc(NCC(=O)NCCOC)n1. The first-order valence-electron chi connectivity index (χ1n) is 5.80. The summed E-state index contributed by atoms with van der Waals surface area (Å²) < 4.78 is 4.82. The van der Waals surface area contributed by atoms with Gasteiger partial charge in [0, 0.05) is 20.2 Å². The molecule has 1 aromatic heterocycles. The fourth-order valence-electron chi connectivity index (χ4n) is 1.18. The van der Waals surface area contributed by atoms with Crippen molar-refractivity contribution in [3.8, 4) is 0 Å². The topological polar surface area (TPSA) is 101 Å². The van der Waals surface area contributed by atoms with E-state index in [1.165, 1.54) is 0 Å². The lowest BCUT2D eigenvalue weighted by Gasteiger charge is -2.07. The molecule has 1 heterocycles. The van der Waals surface area contributed by atoms with Crippen LogP contribution in [0.25, 0.3) is 0 Å². The van der Waals surface area contributed by atoms with Gasteiger partial charge in [0.05, 0.1) is 13.2 Å². The van der Waals surface area contributed by atoms with E-state index in [4.69, 9.17) is 16.3 Å². The van der Waals surface area contributed by atoms with Gasteiger partial charge in [-0.25, -0.2) is 0 Å².